The Morgan fingerprint density at radius 3 is 2.33 bits per heavy atom. The summed E-state index contributed by atoms with van der Waals surface area (Å²) in [4.78, 5) is 0. The van der Waals surface area contributed by atoms with Crippen LogP contribution in [0.5, 0.6) is 0 Å². The Labute approximate surface area is 92.9 Å². The van der Waals surface area contributed by atoms with Crippen LogP contribution in [0.2, 0.25) is 0 Å². The first-order valence-corrected chi connectivity index (χ1v) is 6.20. The van der Waals surface area contributed by atoms with Crippen molar-refractivity contribution in [3.63, 3.8) is 0 Å². The molecule has 1 aliphatic carbocycles. The summed E-state index contributed by atoms with van der Waals surface area (Å²) >= 11 is 0. The lowest BCUT2D eigenvalue weighted by atomic mass is 9.84. The third kappa shape index (κ3) is 2.98. The molecule has 1 fully saturated rings. The van der Waals surface area contributed by atoms with Crippen molar-refractivity contribution in [1.29, 1.82) is 0 Å². The summed E-state index contributed by atoms with van der Waals surface area (Å²) in [5.74, 6) is 0.985. The highest BCUT2D eigenvalue weighted by Gasteiger charge is 2.19. The SMILES string of the molecule is CCC1CCC(Nc2ccccc2)CC1. The van der Waals surface area contributed by atoms with E-state index in [0.717, 1.165) is 5.92 Å². The molecule has 0 unspecified atom stereocenters. The molecule has 15 heavy (non-hydrogen) atoms. The molecule has 0 bridgehead atoms. The number of rotatable bonds is 3. The molecular weight excluding hydrogens is 182 g/mol. The number of hydrogen-bond acceptors (Lipinski definition) is 1. The Hall–Kier alpha value is -0.980. The molecule has 0 heterocycles. The van der Waals surface area contributed by atoms with E-state index in [0.29, 0.717) is 6.04 Å². The summed E-state index contributed by atoms with van der Waals surface area (Å²) in [6, 6.07) is 11.3. The zero-order chi connectivity index (χ0) is 10.5. The number of anilines is 1. The van der Waals surface area contributed by atoms with E-state index in [1.54, 1.807) is 0 Å². The maximum atomic E-state index is 3.63. The summed E-state index contributed by atoms with van der Waals surface area (Å²) < 4.78 is 0. The summed E-state index contributed by atoms with van der Waals surface area (Å²) in [5.41, 5.74) is 1.28. The van der Waals surface area contributed by atoms with Crippen LogP contribution < -0.4 is 5.32 Å². The van der Waals surface area contributed by atoms with E-state index in [1.165, 1.54) is 37.8 Å². The van der Waals surface area contributed by atoms with Crippen LogP contribution in [0, 0.1) is 5.92 Å². The second-order valence-electron chi connectivity index (χ2n) is 4.64. The van der Waals surface area contributed by atoms with Crippen LogP contribution in [-0.4, -0.2) is 6.04 Å². The molecule has 1 aliphatic rings. The second kappa shape index (κ2) is 5.20. The third-order valence-corrected chi connectivity index (χ3v) is 3.57. The average molecular weight is 203 g/mol. The zero-order valence-corrected chi connectivity index (χ0v) is 9.58. The van der Waals surface area contributed by atoms with Gasteiger partial charge in [0.25, 0.3) is 0 Å². The van der Waals surface area contributed by atoms with E-state index in [2.05, 4.69) is 42.6 Å². The van der Waals surface area contributed by atoms with Gasteiger partial charge in [0, 0.05) is 11.7 Å². The summed E-state index contributed by atoms with van der Waals surface area (Å²) in [6.45, 7) is 2.32. The quantitative estimate of drug-likeness (QED) is 0.781. The van der Waals surface area contributed by atoms with E-state index in [4.69, 9.17) is 0 Å². The molecule has 1 nitrogen and oxygen atoms in total. The highest BCUT2D eigenvalue weighted by molar-refractivity contribution is 5.43. The molecule has 1 aromatic rings. The van der Waals surface area contributed by atoms with Gasteiger partial charge in [-0.05, 0) is 43.7 Å². The fraction of sp³-hybridized carbons (Fsp3) is 0.571. The Morgan fingerprint density at radius 1 is 1.07 bits per heavy atom. The molecule has 82 valence electrons. The van der Waals surface area contributed by atoms with Crippen molar-refractivity contribution in [2.45, 2.75) is 45.1 Å². The number of benzene rings is 1. The minimum Gasteiger partial charge on any atom is -0.382 e. The molecule has 1 N–H and O–H groups in total. The molecule has 0 spiro atoms. The highest BCUT2D eigenvalue weighted by Crippen LogP contribution is 2.28. The standard InChI is InChI=1S/C14H21N/c1-2-12-8-10-14(11-9-12)15-13-6-4-3-5-7-13/h3-7,12,14-15H,2,8-11H2,1H3. The molecule has 2 rings (SSSR count). The van der Waals surface area contributed by atoms with E-state index < -0.39 is 0 Å². The Bertz CT molecular complexity index is 273. The van der Waals surface area contributed by atoms with Crippen LogP contribution in [0.25, 0.3) is 0 Å². The van der Waals surface area contributed by atoms with Gasteiger partial charge >= 0.3 is 0 Å². The van der Waals surface area contributed by atoms with Gasteiger partial charge < -0.3 is 5.32 Å². The Balaban J connectivity index is 1.82. The monoisotopic (exact) mass is 203 g/mol. The number of hydrogen-bond donors (Lipinski definition) is 1. The van der Waals surface area contributed by atoms with E-state index in [9.17, 15) is 0 Å². The van der Waals surface area contributed by atoms with Gasteiger partial charge in [-0.2, -0.15) is 0 Å². The molecule has 0 saturated heterocycles. The molecule has 0 aliphatic heterocycles. The van der Waals surface area contributed by atoms with Gasteiger partial charge in [-0.25, -0.2) is 0 Å². The predicted molar refractivity (Wildman–Crippen MR) is 66.1 cm³/mol. The molecule has 1 heteroatoms. The minimum atomic E-state index is 0.704. The smallest absolute Gasteiger partial charge is 0.0342 e. The van der Waals surface area contributed by atoms with Crippen molar-refractivity contribution in [3.8, 4) is 0 Å². The lowest BCUT2D eigenvalue weighted by Gasteiger charge is -2.29. The Morgan fingerprint density at radius 2 is 1.73 bits per heavy atom. The first-order valence-electron chi connectivity index (χ1n) is 6.20. The van der Waals surface area contributed by atoms with Crippen LogP contribution in [0.3, 0.4) is 0 Å². The minimum absolute atomic E-state index is 0.704. The summed E-state index contributed by atoms with van der Waals surface area (Å²) in [5, 5.41) is 3.63. The largest absolute Gasteiger partial charge is 0.382 e. The predicted octanol–water partition coefficient (Wildman–Crippen LogP) is 4.07. The van der Waals surface area contributed by atoms with Crippen molar-refractivity contribution in [3.05, 3.63) is 30.3 Å². The van der Waals surface area contributed by atoms with Crippen molar-refractivity contribution in [2.75, 3.05) is 5.32 Å². The lowest BCUT2D eigenvalue weighted by molar-refractivity contribution is 0.330. The lowest BCUT2D eigenvalue weighted by Crippen LogP contribution is -2.25. The Kier molecular flexibility index (Phi) is 3.65. The van der Waals surface area contributed by atoms with Crippen molar-refractivity contribution in [1.82, 2.24) is 0 Å². The number of nitrogens with one attached hydrogen (secondary N) is 1. The second-order valence-corrected chi connectivity index (χ2v) is 4.64. The maximum absolute atomic E-state index is 3.63. The van der Waals surface area contributed by atoms with E-state index >= 15 is 0 Å². The third-order valence-electron chi connectivity index (χ3n) is 3.57. The maximum Gasteiger partial charge on any atom is 0.0342 e. The molecule has 0 radical (unpaired) electrons. The van der Waals surface area contributed by atoms with Gasteiger partial charge in [0.1, 0.15) is 0 Å². The molecule has 0 amide bonds. The van der Waals surface area contributed by atoms with Gasteiger partial charge in [0.2, 0.25) is 0 Å². The van der Waals surface area contributed by atoms with E-state index in [-0.39, 0.29) is 0 Å². The first-order chi connectivity index (χ1) is 7.38. The fourth-order valence-electron chi connectivity index (χ4n) is 2.49. The first kappa shape index (κ1) is 10.5. The molecule has 1 aromatic carbocycles. The van der Waals surface area contributed by atoms with Crippen LogP contribution in [0.4, 0.5) is 5.69 Å². The normalized spacial score (nSPS) is 26.2. The van der Waals surface area contributed by atoms with Crippen molar-refractivity contribution >= 4 is 5.69 Å². The van der Waals surface area contributed by atoms with Gasteiger partial charge in [-0.1, -0.05) is 31.5 Å². The molecule has 1 saturated carbocycles. The average Bonchev–Trinajstić information content (AvgIpc) is 2.31. The van der Waals surface area contributed by atoms with Crippen LogP contribution in [-0.2, 0) is 0 Å². The molecule has 0 aromatic heterocycles. The van der Waals surface area contributed by atoms with Crippen molar-refractivity contribution < 1.29 is 0 Å². The summed E-state index contributed by atoms with van der Waals surface area (Å²) in [7, 11) is 0. The topological polar surface area (TPSA) is 12.0 Å². The molecule has 0 atom stereocenters. The molecular formula is C14H21N. The van der Waals surface area contributed by atoms with E-state index in [1.807, 2.05) is 0 Å². The van der Waals surface area contributed by atoms with Crippen molar-refractivity contribution in [2.24, 2.45) is 5.92 Å². The van der Waals surface area contributed by atoms with Gasteiger partial charge in [-0.15, -0.1) is 0 Å². The van der Waals surface area contributed by atoms with Gasteiger partial charge in [0.05, 0.1) is 0 Å². The fourth-order valence-corrected chi connectivity index (χ4v) is 2.49. The summed E-state index contributed by atoms with van der Waals surface area (Å²) in [6.07, 6.45) is 6.85. The van der Waals surface area contributed by atoms with Gasteiger partial charge in [-0.3, -0.25) is 0 Å². The van der Waals surface area contributed by atoms with Crippen LogP contribution >= 0.6 is 0 Å². The van der Waals surface area contributed by atoms with Crippen LogP contribution in [0.15, 0.2) is 30.3 Å². The van der Waals surface area contributed by atoms with Crippen LogP contribution in [0.1, 0.15) is 39.0 Å². The van der Waals surface area contributed by atoms with Gasteiger partial charge in [0.15, 0.2) is 0 Å². The number of para-hydroxylation sites is 1. The highest BCUT2D eigenvalue weighted by atomic mass is 14.9. The zero-order valence-electron chi connectivity index (χ0n) is 9.58.